The third-order valence-electron chi connectivity index (χ3n) is 6.61. The van der Waals surface area contributed by atoms with Crippen molar-refractivity contribution in [2.24, 2.45) is 11.8 Å². The van der Waals surface area contributed by atoms with Crippen molar-refractivity contribution in [1.82, 2.24) is 9.97 Å². The Morgan fingerprint density at radius 1 is 1.21 bits per heavy atom. The standard InChI is InChI=1S/C24H28F3N3O4/c1-15-10-29-21(9-20(15)23(31)32)22-13-30(6-7-33-22)18-8-19(12-28-11-18)34-14-16-2-4-17(5-3-16)24(25,26)27/h8-12,16-17,22H,2-7,13-14H2,1H3,(H,31,32). The smallest absolute Gasteiger partial charge is 0.391 e. The summed E-state index contributed by atoms with van der Waals surface area (Å²) in [6.07, 6.45) is 1.68. The van der Waals surface area contributed by atoms with Crippen molar-refractivity contribution in [3.8, 4) is 5.75 Å². The first-order chi connectivity index (χ1) is 16.2. The minimum atomic E-state index is -4.11. The first-order valence-electron chi connectivity index (χ1n) is 11.4. The lowest BCUT2D eigenvalue weighted by Crippen LogP contribution is -2.38. The maximum Gasteiger partial charge on any atom is 0.391 e. The summed E-state index contributed by atoms with van der Waals surface area (Å²) in [7, 11) is 0. The van der Waals surface area contributed by atoms with Crippen molar-refractivity contribution in [2.75, 3.05) is 31.2 Å². The number of pyridine rings is 2. The van der Waals surface area contributed by atoms with Crippen molar-refractivity contribution in [2.45, 2.75) is 44.9 Å². The molecule has 1 N–H and O–H groups in total. The number of carboxylic acid groups (broad SMARTS) is 1. The molecule has 4 rings (SSSR count). The van der Waals surface area contributed by atoms with Crippen LogP contribution in [0.2, 0.25) is 0 Å². The summed E-state index contributed by atoms with van der Waals surface area (Å²) in [5.74, 6) is -1.53. The van der Waals surface area contributed by atoms with Crippen LogP contribution in [0.15, 0.2) is 30.7 Å². The summed E-state index contributed by atoms with van der Waals surface area (Å²) in [6.45, 7) is 3.61. The Bertz CT molecular complexity index is 1010. The van der Waals surface area contributed by atoms with E-state index in [2.05, 4.69) is 14.9 Å². The van der Waals surface area contributed by atoms with E-state index in [0.717, 1.165) is 5.69 Å². The summed E-state index contributed by atoms with van der Waals surface area (Å²) in [5.41, 5.74) is 2.18. The van der Waals surface area contributed by atoms with E-state index in [1.165, 1.54) is 0 Å². The van der Waals surface area contributed by atoms with E-state index < -0.39 is 18.1 Å². The van der Waals surface area contributed by atoms with Crippen LogP contribution in [-0.4, -0.2) is 53.5 Å². The van der Waals surface area contributed by atoms with Gasteiger partial charge in [0.15, 0.2) is 0 Å². The van der Waals surface area contributed by atoms with Crippen LogP contribution in [0.3, 0.4) is 0 Å². The van der Waals surface area contributed by atoms with Gasteiger partial charge in [0.25, 0.3) is 0 Å². The quantitative estimate of drug-likeness (QED) is 0.637. The highest BCUT2D eigenvalue weighted by Gasteiger charge is 2.41. The molecule has 2 aromatic heterocycles. The van der Waals surface area contributed by atoms with Gasteiger partial charge in [0.05, 0.1) is 55.0 Å². The molecule has 1 aliphatic carbocycles. The molecule has 1 saturated carbocycles. The topological polar surface area (TPSA) is 84.8 Å². The molecule has 1 unspecified atom stereocenters. The number of aryl methyl sites for hydroxylation is 1. The van der Waals surface area contributed by atoms with Crippen LogP contribution >= 0.6 is 0 Å². The van der Waals surface area contributed by atoms with Crippen LogP contribution < -0.4 is 9.64 Å². The molecular weight excluding hydrogens is 451 g/mol. The molecule has 1 aliphatic heterocycles. The fraction of sp³-hybridized carbons (Fsp3) is 0.542. The molecule has 3 heterocycles. The average molecular weight is 479 g/mol. The number of aromatic nitrogens is 2. The van der Waals surface area contributed by atoms with Crippen LogP contribution in [0.5, 0.6) is 5.75 Å². The van der Waals surface area contributed by atoms with Crippen molar-refractivity contribution in [3.63, 3.8) is 0 Å². The molecule has 1 saturated heterocycles. The molecule has 0 spiro atoms. The van der Waals surface area contributed by atoms with Crippen LogP contribution in [0, 0.1) is 18.8 Å². The predicted octanol–water partition coefficient (Wildman–Crippen LogP) is 4.81. The molecule has 1 atom stereocenters. The zero-order valence-corrected chi connectivity index (χ0v) is 18.9. The van der Waals surface area contributed by atoms with E-state index in [1.54, 1.807) is 31.6 Å². The molecular formula is C24H28F3N3O4. The van der Waals surface area contributed by atoms with Gasteiger partial charge >= 0.3 is 12.1 Å². The first-order valence-corrected chi connectivity index (χ1v) is 11.4. The lowest BCUT2D eigenvalue weighted by Gasteiger charge is -2.34. The Hall–Kier alpha value is -2.88. The van der Waals surface area contributed by atoms with Gasteiger partial charge in [0.1, 0.15) is 11.9 Å². The molecule has 10 heteroatoms. The van der Waals surface area contributed by atoms with Gasteiger partial charge in [0, 0.05) is 18.8 Å². The molecule has 184 valence electrons. The van der Waals surface area contributed by atoms with Gasteiger partial charge in [-0.3, -0.25) is 9.97 Å². The predicted molar refractivity (Wildman–Crippen MR) is 118 cm³/mol. The second-order valence-corrected chi connectivity index (χ2v) is 8.98. The van der Waals surface area contributed by atoms with Gasteiger partial charge < -0.3 is 19.5 Å². The summed E-state index contributed by atoms with van der Waals surface area (Å²) < 4.78 is 50.3. The van der Waals surface area contributed by atoms with Gasteiger partial charge in [-0.05, 0) is 50.2 Å². The number of carboxylic acids is 1. The van der Waals surface area contributed by atoms with Gasteiger partial charge in [-0.1, -0.05) is 0 Å². The summed E-state index contributed by atoms with van der Waals surface area (Å²) in [5, 5.41) is 9.39. The van der Waals surface area contributed by atoms with E-state index >= 15 is 0 Å². The van der Waals surface area contributed by atoms with Gasteiger partial charge in [-0.2, -0.15) is 13.2 Å². The van der Waals surface area contributed by atoms with E-state index in [-0.39, 0.29) is 30.4 Å². The maximum absolute atomic E-state index is 12.9. The number of rotatable bonds is 6. The number of halogens is 3. The number of ether oxygens (including phenoxy) is 2. The normalized spacial score (nSPS) is 23.5. The second kappa shape index (κ2) is 10.2. The monoisotopic (exact) mass is 479 g/mol. The first kappa shape index (κ1) is 24.3. The lowest BCUT2D eigenvalue weighted by atomic mass is 9.82. The highest BCUT2D eigenvalue weighted by Crippen LogP contribution is 2.39. The van der Waals surface area contributed by atoms with Crippen LogP contribution in [0.25, 0.3) is 0 Å². The number of carbonyl (C=O) groups is 1. The van der Waals surface area contributed by atoms with Crippen molar-refractivity contribution < 1.29 is 32.5 Å². The van der Waals surface area contributed by atoms with Gasteiger partial charge in [-0.15, -0.1) is 0 Å². The van der Waals surface area contributed by atoms with Crippen LogP contribution in [0.1, 0.15) is 53.4 Å². The molecule has 0 amide bonds. The number of morpholine rings is 1. The Balaban J connectivity index is 1.36. The molecule has 34 heavy (non-hydrogen) atoms. The molecule has 0 bridgehead atoms. The zero-order valence-electron chi connectivity index (χ0n) is 18.9. The number of aromatic carboxylic acids is 1. The van der Waals surface area contributed by atoms with E-state index in [4.69, 9.17) is 9.47 Å². The Labute approximate surface area is 195 Å². The van der Waals surface area contributed by atoms with Crippen LogP contribution in [0.4, 0.5) is 18.9 Å². The van der Waals surface area contributed by atoms with E-state index in [0.29, 0.717) is 56.2 Å². The number of hydrogen-bond donors (Lipinski definition) is 1. The lowest BCUT2D eigenvalue weighted by molar-refractivity contribution is -0.184. The highest BCUT2D eigenvalue weighted by molar-refractivity contribution is 5.89. The molecule has 0 aromatic carbocycles. The van der Waals surface area contributed by atoms with Crippen molar-refractivity contribution in [3.05, 3.63) is 47.5 Å². The Morgan fingerprint density at radius 3 is 2.68 bits per heavy atom. The third-order valence-corrected chi connectivity index (χ3v) is 6.61. The minimum Gasteiger partial charge on any atom is -0.492 e. The zero-order chi connectivity index (χ0) is 24.3. The largest absolute Gasteiger partial charge is 0.492 e. The van der Waals surface area contributed by atoms with Crippen LogP contribution in [-0.2, 0) is 4.74 Å². The van der Waals surface area contributed by atoms with Crippen molar-refractivity contribution in [1.29, 1.82) is 0 Å². The number of anilines is 1. The minimum absolute atomic E-state index is 0.103. The molecule has 2 aromatic rings. The molecule has 2 fully saturated rings. The summed E-state index contributed by atoms with van der Waals surface area (Å²) in [6, 6.07) is 3.42. The fourth-order valence-corrected chi connectivity index (χ4v) is 4.54. The third kappa shape index (κ3) is 5.78. The van der Waals surface area contributed by atoms with E-state index in [1.807, 2.05) is 6.07 Å². The maximum atomic E-state index is 12.9. The van der Waals surface area contributed by atoms with Crippen molar-refractivity contribution >= 4 is 11.7 Å². The SMILES string of the molecule is Cc1cnc(C2CN(c3cncc(OCC4CCC(C(F)(F)F)CC4)c3)CCO2)cc1C(=O)O. The van der Waals surface area contributed by atoms with E-state index in [9.17, 15) is 23.1 Å². The molecule has 7 nitrogen and oxygen atoms in total. The highest BCUT2D eigenvalue weighted by atomic mass is 19.4. The fourth-order valence-electron chi connectivity index (χ4n) is 4.54. The summed E-state index contributed by atoms with van der Waals surface area (Å²) in [4.78, 5) is 22.2. The average Bonchev–Trinajstić information content (AvgIpc) is 2.83. The molecule has 2 aliphatic rings. The summed E-state index contributed by atoms with van der Waals surface area (Å²) >= 11 is 0. The number of alkyl halides is 3. The van der Waals surface area contributed by atoms with Gasteiger partial charge in [0.2, 0.25) is 0 Å². The second-order valence-electron chi connectivity index (χ2n) is 8.98. The number of hydrogen-bond acceptors (Lipinski definition) is 6. The molecule has 0 radical (unpaired) electrons. The Morgan fingerprint density at radius 2 is 1.97 bits per heavy atom. The number of nitrogens with zero attached hydrogens (tertiary/aromatic N) is 3. The Kier molecular flexibility index (Phi) is 7.25. The van der Waals surface area contributed by atoms with Gasteiger partial charge in [-0.25, -0.2) is 4.79 Å².